The van der Waals surface area contributed by atoms with Gasteiger partial charge < -0.3 is 10.0 Å². The Morgan fingerprint density at radius 1 is 0.935 bits per heavy atom. The van der Waals surface area contributed by atoms with E-state index < -0.39 is 23.4 Å². The number of imide groups is 1. The van der Waals surface area contributed by atoms with E-state index in [1.165, 1.54) is 0 Å². The topological polar surface area (TPSA) is 64.1 Å². The molecule has 1 N–H and O–H groups in total. The molecule has 0 bridgehead atoms. The minimum atomic E-state index is -0.994. The predicted octanol–water partition coefficient (Wildman–Crippen LogP) is 2.51. The molecule has 4 rings (SSSR count). The molecular weight excluding hydrogens is 428 g/mol. The smallest absolute Gasteiger partial charge is 0.282 e. The van der Waals surface area contributed by atoms with Crippen molar-refractivity contribution in [1.29, 1.82) is 0 Å². The van der Waals surface area contributed by atoms with Crippen LogP contribution in [0, 0.1) is 11.6 Å². The summed E-state index contributed by atoms with van der Waals surface area (Å²) >= 11 is 5.97. The summed E-state index contributed by atoms with van der Waals surface area (Å²) in [5.74, 6) is -3.13. The lowest BCUT2D eigenvalue weighted by Gasteiger charge is -2.36. The Morgan fingerprint density at radius 3 is 2.23 bits per heavy atom. The molecule has 31 heavy (non-hydrogen) atoms. The summed E-state index contributed by atoms with van der Waals surface area (Å²) in [6.45, 7) is 2.69. The van der Waals surface area contributed by atoms with Gasteiger partial charge in [-0.25, -0.2) is 13.7 Å². The molecule has 2 aromatic rings. The van der Waals surface area contributed by atoms with E-state index in [4.69, 9.17) is 16.7 Å². The summed E-state index contributed by atoms with van der Waals surface area (Å²) < 4.78 is 27.9. The summed E-state index contributed by atoms with van der Waals surface area (Å²) in [6.07, 6.45) is 0. The van der Waals surface area contributed by atoms with Crippen molar-refractivity contribution in [2.45, 2.75) is 0 Å². The molecule has 1 saturated heterocycles. The van der Waals surface area contributed by atoms with Gasteiger partial charge in [-0.15, -0.1) is 0 Å². The van der Waals surface area contributed by atoms with Crippen LogP contribution in [0.15, 0.2) is 48.2 Å². The van der Waals surface area contributed by atoms with Gasteiger partial charge in [0.25, 0.3) is 11.8 Å². The number of rotatable bonds is 5. The summed E-state index contributed by atoms with van der Waals surface area (Å²) in [7, 11) is 0. The summed E-state index contributed by atoms with van der Waals surface area (Å²) in [5, 5.41) is 9.62. The number of aliphatic hydroxyl groups is 1. The first-order valence-corrected chi connectivity index (χ1v) is 10.2. The van der Waals surface area contributed by atoms with Crippen LogP contribution in [0.1, 0.15) is 5.56 Å². The van der Waals surface area contributed by atoms with Gasteiger partial charge in [0.2, 0.25) is 0 Å². The van der Waals surface area contributed by atoms with Gasteiger partial charge in [0.15, 0.2) is 0 Å². The molecule has 0 saturated carbocycles. The van der Waals surface area contributed by atoms with Crippen LogP contribution < -0.4 is 4.90 Å². The van der Waals surface area contributed by atoms with Gasteiger partial charge in [0.05, 0.1) is 17.9 Å². The lowest BCUT2D eigenvalue weighted by atomic mass is 10.0. The molecule has 0 radical (unpaired) electrons. The first kappa shape index (κ1) is 21.4. The number of aliphatic hydroxyl groups excluding tert-OH is 1. The molecule has 2 amide bonds. The van der Waals surface area contributed by atoms with Gasteiger partial charge in [-0.3, -0.25) is 14.5 Å². The Kier molecular flexibility index (Phi) is 6.04. The minimum Gasteiger partial charge on any atom is -0.395 e. The second-order valence-electron chi connectivity index (χ2n) is 7.32. The lowest BCUT2D eigenvalue weighted by molar-refractivity contribution is -0.120. The molecular formula is C22H20ClF2N3O3. The maximum absolute atomic E-state index is 14.5. The van der Waals surface area contributed by atoms with Gasteiger partial charge in [-0.2, -0.15) is 0 Å². The SMILES string of the molecule is O=C1C(c2ccc(Cl)cc2)=C(N2CCN(CCO)CC2)C(=O)N1c1ccc(F)cc1F. The number of nitrogens with zero attached hydrogens (tertiary/aromatic N) is 3. The largest absolute Gasteiger partial charge is 0.395 e. The fourth-order valence-electron chi connectivity index (χ4n) is 3.91. The van der Waals surface area contributed by atoms with Crippen LogP contribution in [0.5, 0.6) is 0 Å². The quantitative estimate of drug-likeness (QED) is 0.714. The average molecular weight is 448 g/mol. The molecule has 2 aliphatic rings. The van der Waals surface area contributed by atoms with Crippen LogP contribution in [-0.4, -0.2) is 66.1 Å². The molecule has 0 atom stereocenters. The maximum Gasteiger partial charge on any atom is 0.282 e. The minimum absolute atomic E-state index is 0.0355. The molecule has 9 heteroatoms. The van der Waals surface area contributed by atoms with Gasteiger partial charge in [0.1, 0.15) is 17.3 Å². The number of carbonyl (C=O) groups excluding carboxylic acids is 2. The Hall–Kier alpha value is -2.81. The number of amides is 2. The van der Waals surface area contributed by atoms with Crippen LogP contribution in [0.2, 0.25) is 5.02 Å². The third-order valence-electron chi connectivity index (χ3n) is 5.45. The van der Waals surface area contributed by atoms with E-state index in [9.17, 15) is 18.4 Å². The van der Waals surface area contributed by atoms with Crippen molar-refractivity contribution in [2.24, 2.45) is 0 Å². The van der Waals surface area contributed by atoms with E-state index >= 15 is 0 Å². The summed E-state index contributed by atoms with van der Waals surface area (Å²) in [4.78, 5) is 31.3. The third kappa shape index (κ3) is 4.06. The highest BCUT2D eigenvalue weighted by atomic mass is 35.5. The van der Waals surface area contributed by atoms with Crippen molar-refractivity contribution in [2.75, 3.05) is 44.2 Å². The molecule has 2 aromatic carbocycles. The first-order valence-electron chi connectivity index (χ1n) is 9.83. The Labute approximate surface area is 182 Å². The number of anilines is 1. The fourth-order valence-corrected chi connectivity index (χ4v) is 4.03. The monoisotopic (exact) mass is 447 g/mol. The number of hydrogen-bond acceptors (Lipinski definition) is 5. The molecule has 1 fully saturated rings. The predicted molar refractivity (Wildman–Crippen MR) is 112 cm³/mol. The van der Waals surface area contributed by atoms with Crippen molar-refractivity contribution in [3.05, 3.63) is 70.4 Å². The van der Waals surface area contributed by atoms with Crippen molar-refractivity contribution >= 4 is 34.7 Å². The highest BCUT2D eigenvalue weighted by molar-refractivity contribution is 6.45. The second kappa shape index (κ2) is 8.74. The van der Waals surface area contributed by atoms with Crippen molar-refractivity contribution in [3.63, 3.8) is 0 Å². The average Bonchev–Trinajstić information content (AvgIpc) is 3.00. The number of benzene rings is 2. The Balaban J connectivity index is 1.75. The zero-order valence-corrected chi connectivity index (χ0v) is 17.3. The third-order valence-corrected chi connectivity index (χ3v) is 5.70. The van der Waals surface area contributed by atoms with E-state index in [1.54, 1.807) is 29.2 Å². The summed E-state index contributed by atoms with van der Waals surface area (Å²) in [6, 6.07) is 9.22. The van der Waals surface area contributed by atoms with E-state index in [2.05, 4.69) is 4.90 Å². The molecule has 2 aliphatic heterocycles. The van der Waals surface area contributed by atoms with Crippen LogP contribution >= 0.6 is 11.6 Å². The van der Waals surface area contributed by atoms with Gasteiger partial charge in [-0.05, 0) is 29.8 Å². The molecule has 0 spiro atoms. The number of halogens is 3. The van der Waals surface area contributed by atoms with Crippen molar-refractivity contribution in [3.8, 4) is 0 Å². The van der Waals surface area contributed by atoms with Crippen LogP contribution in [0.4, 0.5) is 14.5 Å². The molecule has 0 aromatic heterocycles. The maximum atomic E-state index is 14.5. The van der Waals surface area contributed by atoms with E-state index in [0.717, 1.165) is 17.0 Å². The molecule has 6 nitrogen and oxygen atoms in total. The Bertz CT molecular complexity index is 1050. The van der Waals surface area contributed by atoms with Gasteiger partial charge in [0, 0.05) is 43.8 Å². The molecule has 2 heterocycles. The fraction of sp³-hybridized carbons (Fsp3) is 0.273. The zero-order valence-electron chi connectivity index (χ0n) is 16.5. The molecule has 0 unspecified atom stereocenters. The zero-order chi connectivity index (χ0) is 22.1. The summed E-state index contributed by atoms with van der Waals surface area (Å²) in [5.41, 5.74) is 0.526. The van der Waals surface area contributed by atoms with E-state index in [-0.39, 0.29) is 23.6 Å². The van der Waals surface area contributed by atoms with Gasteiger partial charge >= 0.3 is 0 Å². The Morgan fingerprint density at radius 2 is 1.61 bits per heavy atom. The van der Waals surface area contributed by atoms with E-state index in [0.29, 0.717) is 49.4 Å². The number of carbonyl (C=O) groups is 2. The lowest BCUT2D eigenvalue weighted by Crippen LogP contribution is -2.48. The molecule has 0 aliphatic carbocycles. The van der Waals surface area contributed by atoms with Crippen LogP contribution in [0.3, 0.4) is 0 Å². The number of piperazine rings is 1. The van der Waals surface area contributed by atoms with E-state index in [1.807, 2.05) is 0 Å². The first-order chi connectivity index (χ1) is 14.9. The second-order valence-corrected chi connectivity index (χ2v) is 7.76. The van der Waals surface area contributed by atoms with Crippen LogP contribution in [-0.2, 0) is 9.59 Å². The number of hydrogen-bond donors (Lipinski definition) is 1. The van der Waals surface area contributed by atoms with Gasteiger partial charge in [-0.1, -0.05) is 23.7 Å². The highest BCUT2D eigenvalue weighted by Gasteiger charge is 2.43. The normalized spacial score (nSPS) is 17.8. The van der Waals surface area contributed by atoms with Crippen molar-refractivity contribution < 1.29 is 23.5 Å². The standard InChI is InChI=1S/C22H20ClF2N3O3/c23-15-3-1-14(2-4-15)19-20(27-9-7-26(8-10-27)11-12-29)22(31)28(21(19)30)18-6-5-16(24)13-17(18)25/h1-6,13,29H,7-12H2. The molecule has 162 valence electrons. The number of β-amino-alcohol motifs (C(OH)–C–C–N with tert-alkyl or cyclic N) is 1. The van der Waals surface area contributed by atoms with Crippen molar-refractivity contribution in [1.82, 2.24) is 9.80 Å². The highest BCUT2D eigenvalue weighted by Crippen LogP contribution is 2.36. The van der Waals surface area contributed by atoms with Crippen LogP contribution in [0.25, 0.3) is 5.57 Å².